The van der Waals surface area contributed by atoms with Crippen molar-refractivity contribution in [1.29, 1.82) is 0 Å². The highest BCUT2D eigenvalue weighted by Crippen LogP contribution is 1.93. The molecule has 0 rings (SSSR count). The third-order valence-corrected chi connectivity index (χ3v) is 1.45. The van der Waals surface area contributed by atoms with Gasteiger partial charge < -0.3 is 11.1 Å². The second kappa shape index (κ2) is 5.92. The van der Waals surface area contributed by atoms with E-state index in [2.05, 4.69) is 18.8 Å². The Kier molecular flexibility index (Phi) is 5.47. The number of nitrogens with one attached hydrogen (secondary N) is 1. The van der Waals surface area contributed by atoms with Gasteiger partial charge in [-0.3, -0.25) is 4.79 Å². The first kappa shape index (κ1) is 10.2. The molecule has 0 aromatic rings. The Morgan fingerprint density at radius 3 is 2.82 bits per heavy atom. The first-order valence-electron chi connectivity index (χ1n) is 3.87. The summed E-state index contributed by atoms with van der Waals surface area (Å²) >= 11 is 0. The fraction of sp³-hybridized carbons (Fsp3) is 0.625. The molecule has 1 atom stereocenters. The zero-order chi connectivity index (χ0) is 8.69. The van der Waals surface area contributed by atoms with Crippen LogP contribution in [0.5, 0.6) is 0 Å². The van der Waals surface area contributed by atoms with E-state index in [-0.39, 0.29) is 11.9 Å². The van der Waals surface area contributed by atoms with Crippen LogP contribution in [0.15, 0.2) is 12.7 Å². The highest BCUT2D eigenvalue weighted by atomic mass is 16.1. The normalized spacial score (nSPS) is 12.2. The van der Waals surface area contributed by atoms with Gasteiger partial charge in [0.2, 0.25) is 5.91 Å². The molecule has 0 spiro atoms. The van der Waals surface area contributed by atoms with Crippen molar-refractivity contribution in [3.63, 3.8) is 0 Å². The highest BCUT2D eigenvalue weighted by molar-refractivity contribution is 5.87. The van der Waals surface area contributed by atoms with Gasteiger partial charge in [0.25, 0.3) is 0 Å². The van der Waals surface area contributed by atoms with Crippen LogP contribution in [0.4, 0.5) is 0 Å². The van der Waals surface area contributed by atoms with E-state index in [0.717, 1.165) is 12.8 Å². The molecule has 0 fully saturated rings. The van der Waals surface area contributed by atoms with Gasteiger partial charge in [0.05, 0.1) is 0 Å². The predicted molar refractivity (Wildman–Crippen MR) is 46.1 cm³/mol. The van der Waals surface area contributed by atoms with E-state index in [4.69, 9.17) is 5.73 Å². The zero-order valence-electron chi connectivity index (χ0n) is 6.97. The fourth-order valence-corrected chi connectivity index (χ4v) is 0.858. The van der Waals surface area contributed by atoms with Crippen molar-refractivity contribution >= 4 is 5.91 Å². The number of nitrogens with two attached hydrogens (primary N) is 1. The molecular formula is C8H16N2O. The molecule has 0 aliphatic heterocycles. The van der Waals surface area contributed by atoms with Crippen LogP contribution in [0.3, 0.4) is 0 Å². The molecule has 3 nitrogen and oxygen atoms in total. The minimum absolute atomic E-state index is 0.102. The lowest BCUT2D eigenvalue weighted by atomic mass is 10.2. The van der Waals surface area contributed by atoms with Crippen molar-refractivity contribution in [3.8, 4) is 0 Å². The van der Waals surface area contributed by atoms with E-state index in [9.17, 15) is 4.79 Å². The lowest BCUT2D eigenvalue weighted by Gasteiger charge is -2.13. The van der Waals surface area contributed by atoms with Crippen LogP contribution in [0.2, 0.25) is 0 Å². The van der Waals surface area contributed by atoms with Crippen molar-refractivity contribution in [3.05, 3.63) is 12.7 Å². The third kappa shape index (κ3) is 4.56. The summed E-state index contributed by atoms with van der Waals surface area (Å²) in [5.41, 5.74) is 5.41. The molecule has 0 aliphatic carbocycles. The van der Waals surface area contributed by atoms with Crippen molar-refractivity contribution in [2.45, 2.75) is 25.8 Å². The van der Waals surface area contributed by atoms with Crippen LogP contribution in [0.25, 0.3) is 0 Å². The van der Waals surface area contributed by atoms with Crippen LogP contribution in [0, 0.1) is 0 Å². The molecule has 0 saturated heterocycles. The Morgan fingerprint density at radius 2 is 2.45 bits per heavy atom. The van der Waals surface area contributed by atoms with Crippen LogP contribution in [-0.4, -0.2) is 18.5 Å². The summed E-state index contributed by atoms with van der Waals surface area (Å²) in [7, 11) is 0. The quantitative estimate of drug-likeness (QED) is 0.567. The summed E-state index contributed by atoms with van der Waals surface area (Å²) in [5, 5.41) is 2.74. The monoisotopic (exact) mass is 156 g/mol. The summed E-state index contributed by atoms with van der Waals surface area (Å²) in [4.78, 5) is 10.8. The van der Waals surface area contributed by atoms with E-state index >= 15 is 0 Å². The van der Waals surface area contributed by atoms with E-state index in [1.165, 1.54) is 6.08 Å². The van der Waals surface area contributed by atoms with Crippen LogP contribution < -0.4 is 11.1 Å². The number of carbonyl (C=O) groups excluding carboxylic acids is 1. The molecule has 64 valence electrons. The summed E-state index contributed by atoms with van der Waals surface area (Å²) in [5.74, 6) is -0.145. The van der Waals surface area contributed by atoms with Gasteiger partial charge >= 0.3 is 0 Å². The van der Waals surface area contributed by atoms with Crippen LogP contribution in [0.1, 0.15) is 19.8 Å². The molecule has 0 saturated carbocycles. The van der Waals surface area contributed by atoms with Crippen molar-refractivity contribution in [2.75, 3.05) is 6.54 Å². The molecule has 11 heavy (non-hydrogen) atoms. The lowest BCUT2D eigenvalue weighted by molar-refractivity contribution is -0.117. The van der Waals surface area contributed by atoms with Gasteiger partial charge in [0.1, 0.15) is 0 Å². The Labute approximate surface area is 67.7 Å². The molecule has 0 radical (unpaired) electrons. The molecule has 0 aliphatic rings. The van der Waals surface area contributed by atoms with Gasteiger partial charge in [-0.1, -0.05) is 19.9 Å². The molecule has 0 aromatic heterocycles. The van der Waals surface area contributed by atoms with Gasteiger partial charge in [-0.05, 0) is 12.5 Å². The second-order valence-electron chi connectivity index (χ2n) is 2.43. The molecule has 3 heteroatoms. The van der Waals surface area contributed by atoms with Gasteiger partial charge in [-0.15, -0.1) is 0 Å². The first-order valence-corrected chi connectivity index (χ1v) is 3.87. The topological polar surface area (TPSA) is 55.1 Å². The lowest BCUT2D eigenvalue weighted by Crippen LogP contribution is -2.39. The Balaban J connectivity index is 3.67. The number of rotatable bonds is 5. The SMILES string of the molecule is C=CC(=O)NC(CN)CCC. The predicted octanol–water partition coefficient (Wildman–Crippen LogP) is 0.416. The molecular weight excluding hydrogens is 140 g/mol. The second-order valence-corrected chi connectivity index (χ2v) is 2.43. The van der Waals surface area contributed by atoms with Gasteiger partial charge in [-0.25, -0.2) is 0 Å². The molecule has 1 unspecified atom stereocenters. The zero-order valence-corrected chi connectivity index (χ0v) is 6.97. The molecule has 0 bridgehead atoms. The fourth-order valence-electron chi connectivity index (χ4n) is 0.858. The maximum atomic E-state index is 10.8. The summed E-state index contributed by atoms with van der Waals surface area (Å²) in [6.45, 7) is 5.91. The summed E-state index contributed by atoms with van der Waals surface area (Å²) in [6.07, 6.45) is 3.22. The van der Waals surface area contributed by atoms with Crippen molar-refractivity contribution < 1.29 is 4.79 Å². The van der Waals surface area contributed by atoms with E-state index in [0.29, 0.717) is 6.54 Å². The van der Waals surface area contributed by atoms with Crippen LogP contribution >= 0.6 is 0 Å². The molecule has 3 N–H and O–H groups in total. The Hall–Kier alpha value is -0.830. The smallest absolute Gasteiger partial charge is 0.243 e. The standard InChI is InChI=1S/C8H16N2O/c1-3-5-7(6-9)10-8(11)4-2/h4,7H,2-3,5-6,9H2,1H3,(H,10,11). The average Bonchev–Trinajstić information content (AvgIpc) is 2.03. The summed E-state index contributed by atoms with van der Waals surface area (Å²) < 4.78 is 0. The molecule has 0 aromatic carbocycles. The minimum Gasteiger partial charge on any atom is -0.349 e. The maximum Gasteiger partial charge on any atom is 0.243 e. The Bertz CT molecular complexity index is 134. The maximum absolute atomic E-state index is 10.8. The minimum atomic E-state index is -0.145. The van der Waals surface area contributed by atoms with Gasteiger partial charge in [-0.2, -0.15) is 0 Å². The van der Waals surface area contributed by atoms with E-state index in [1.807, 2.05) is 0 Å². The number of amides is 1. The van der Waals surface area contributed by atoms with Gasteiger partial charge in [0, 0.05) is 12.6 Å². The highest BCUT2D eigenvalue weighted by Gasteiger charge is 2.05. The molecule has 0 heterocycles. The summed E-state index contributed by atoms with van der Waals surface area (Å²) in [6, 6.07) is 0.102. The van der Waals surface area contributed by atoms with Crippen molar-refractivity contribution in [2.24, 2.45) is 5.73 Å². The van der Waals surface area contributed by atoms with Crippen LogP contribution in [-0.2, 0) is 4.79 Å². The van der Waals surface area contributed by atoms with Gasteiger partial charge in [0.15, 0.2) is 0 Å². The van der Waals surface area contributed by atoms with E-state index in [1.54, 1.807) is 0 Å². The largest absolute Gasteiger partial charge is 0.349 e. The Morgan fingerprint density at radius 1 is 1.82 bits per heavy atom. The number of hydrogen-bond acceptors (Lipinski definition) is 2. The average molecular weight is 156 g/mol. The number of carbonyl (C=O) groups is 1. The van der Waals surface area contributed by atoms with Crippen molar-refractivity contribution in [1.82, 2.24) is 5.32 Å². The number of hydrogen-bond donors (Lipinski definition) is 2. The first-order chi connectivity index (χ1) is 5.24. The third-order valence-electron chi connectivity index (χ3n) is 1.45. The molecule has 1 amide bonds. The van der Waals surface area contributed by atoms with E-state index < -0.39 is 0 Å².